The van der Waals surface area contributed by atoms with Crippen LogP contribution in [0.2, 0.25) is 0 Å². The molecule has 1 N–H and O–H groups in total. The van der Waals surface area contributed by atoms with Gasteiger partial charge in [-0.1, -0.05) is 19.0 Å². The summed E-state index contributed by atoms with van der Waals surface area (Å²) in [6.07, 6.45) is 0. The SMILES string of the molecule is CC(C)c1noc(C(C)Nc2ccc(OCC(=O)N(C)C)cc2)n1. The van der Waals surface area contributed by atoms with Crippen LogP contribution in [-0.2, 0) is 4.79 Å². The van der Waals surface area contributed by atoms with Crippen molar-refractivity contribution >= 4 is 11.6 Å². The Morgan fingerprint density at radius 1 is 1.25 bits per heavy atom. The van der Waals surface area contributed by atoms with Gasteiger partial charge >= 0.3 is 0 Å². The van der Waals surface area contributed by atoms with Crippen molar-refractivity contribution in [3.8, 4) is 5.75 Å². The van der Waals surface area contributed by atoms with Gasteiger partial charge in [0.2, 0.25) is 5.89 Å². The molecule has 1 aromatic carbocycles. The fourth-order valence-electron chi connectivity index (χ4n) is 1.89. The standard InChI is InChI=1S/C17H24N4O3/c1-11(2)16-19-17(24-20-16)12(3)18-13-6-8-14(9-7-13)23-10-15(22)21(4)5/h6-9,11-12,18H,10H2,1-5H3. The number of nitrogens with zero attached hydrogens (tertiary/aromatic N) is 3. The minimum Gasteiger partial charge on any atom is -0.484 e. The van der Waals surface area contributed by atoms with Crippen molar-refractivity contribution < 1.29 is 14.1 Å². The molecule has 1 aromatic heterocycles. The van der Waals surface area contributed by atoms with Crippen LogP contribution < -0.4 is 10.1 Å². The Kier molecular flexibility index (Phi) is 5.78. The van der Waals surface area contributed by atoms with Crippen LogP contribution in [0.3, 0.4) is 0 Å². The molecule has 2 rings (SSSR count). The summed E-state index contributed by atoms with van der Waals surface area (Å²) in [5.74, 6) is 2.05. The van der Waals surface area contributed by atoms with E-state index in [1.54, 1.807) is 14.1 Å². The van der Waals surface area contributed by atoms with Gasteiger partial charge < -0.3 is 19.5 Å². The predicted octanol–water partition coefficient (Wildman–Crippen LogP) is 2.83. The molecule has 0 radical (unpaired) electrons. The van der Waals surface area contributed by atoms with Crippen LogP contribution >= 0.6 is 0 Å². The van der Waals surface area contributed by atoms with E-state index in [0.29, 0.717) is 17.5 Å². The van der Waals surface area contributed by atoms with E-state index < -0.39 is 0 Å². The third-order valence-corrected chi connectivity index (χ3v) is 3.44. The Bertz CT molecular complexity index is 665. The zero-order chi connectivity index (χ0) is 17.7. The van der Waals surface area contributed by atoms with Crippen LogP contribution in [0, 0.1) is 0 Å². The van der Waals surface area contributed by atoms with Crippen molar-refractivity contribution in [3.63, 3.8) is 0 Å². The molecule has 1 heterocycles. The highest BCUT2D eigenvalue weighted by Crippen LogP contribution is 2.22. The number of carbonyl (C=O) groups excluding carboxylic acids is 1. The molecule has 130 valence electrons. The summed E-state index contributed by atoms with van der Waals surface area (Å²) < 4.78 is 10.7. The average molecular weight is 332 g/mol. The molecule has 1 unspecified atom stereocenters. The number of aromatic nitrogens is 2. The number of likely N-dealkylation sites (N-methyl/N-ethyl adjacent to an activating group) is 1. The molecule has 2 aromatic rings. The Morgan fingerprint density at radius 2 is 1.92 bits per heavy atom. The predicted molar refractivity (Wildman–Crippen MR) is 91.1 cm³/mol. The fourth-order valence-corrected chi connectivity index (χ4v) is 1.89. The van der Waals surface area contributed by atoms with E-state index >= 15 is 0 Å². The van der Waals surface area contributed by atoms with Gasteiger partial charge in [0.05, 0.1) is 0 Å². The lowest BCUT2D eigenvalue weighted by Crippen LogP contribution is -2.27. The van der Waals surface area contributed by atoms with Crippen LogP contribution in [0.5, 0.6) is 5.75 Å². The quantitative estimate of drug-likeness (QED) is 0.840. The number of carbonyl (C=O) groups is 1. The first-order valence-corrected chi connectivity index (χ1v) is 7.90. The van der Waals surface area contributed by atoms with Gasteiger partial charge in [0.1, 0.15) is 11.8 Å². The number of benzene rings is 1. The van der Waals surface area contributed by atoms with Gasteiger partial charge in [0, 0.05) is 25.7 Å². The van der Waals surface area contributed by atoms with Crippen molar-refractivity contribution in [3.05, 3.63) is 36.0 Å². The topological polar surface area (TPSA) is 80.5 Å². The number of anilines is 1. The first-order valence-electron chi connectivity index (χ1n) is 7.90. The van der Waals surface area contributed by atoms with Gasteiger partial charge in [-0.2, -0.15) is 4.98 Å². The zero-order valence-electron chi connectivity index (χ0n) is 14.7. The molecule has 7 nitrogen and oxygen atoms in total. The zero-order valence-corrected chi connectivity index (χ0v) is 14.7. The average Bonchev–Trinajstić information content (AvgIpc) is 3.04. The molecule has 0 aliphatic heterocycles. The van der Waals surface area contributed by atoms with Gasteiger partial charge in [-0.05, 0) is 31.2 Å². The molecule has 24 heavy (non-hydrogen) atoms. The minimum atomic E-state index is -0.105. The molecular weight excluding hydrogens is 308 g/mol. The maximum Gasteiger partial charge on any atom is 0.259 e. The number of ether oxygens (including phenoxy) is 1. The van der Waals surface area contributed by atoms with Crippen LogP contribution in [0.1, 0.15) is 44.4 Å². The van der Waals surface area contributed by atoms with Crippen molar-refractivity contribution in [1.29, 1.82) is 0 Å². The lowest BCUT2D eigenvalue weighted by Gasteiger charge is -2.13. The maximum atomic E-state index is 11.5. The lowest BCUT2D eigenvalue weighted by molar-refractivity contribution is -0.130. The van der Waals surface area contributed by atoms with E-state index in [9.17, 15) is 4.79 Å². The lowest BCUT2D eigenvalue weighted by atomic mass is 10.2. The Morgan fingerprint density at radius 3 is 2.46 bits per heavy atom. The second kappa shape index (κ2) is 7.81. The molecule has 0 fully saturated rings. The van der Waals surface area contributed by atoms with E-state index in [4.69, 9.17) is 9.26 Å². The van der Waals surface area contributed by atoms with Crippen LogP contribution in [0.15, 0.2) is 28.8 Å². The fraction of sp³-hybridized carbons (Fsp3) is 0.471. The highest BCUT2D eigenvalue weighted by molar-refractivity contribution is 5.77. The summed E-state index contributed by atoms with van der Waals surface area (Å²) in [6.45, 7) is 6.02. The summed E-state index contributed by atoms with van der Waals surface area (Å²) in [4.78, 5) is 17.4. The van der Waals surface area contributed by atoms with Gasteiger partial charge in [-0.3, -0.25) is 4.79 Å². The highest BCUT2D eigenvalue weighted by atomic mass is 16.5. The van der Waals surface area contributed by atoms with E-state index in [0.717, 1.165) is 5.69 Å². The second-order valence-electron chi connectivity index (χ2n) is 6.11. The number of hydrogen-bond donors (Lipinski definition) is 1. The van der Waals surface area contributed by atoms with E-state index in [1.165, 1.54) is 4.90 Å². The summed E-state index contributed by atoms with van der Waals surface area (Å²) >= 11 is 0. The molecule has 0 spiro atoms. The Hall–Kier alpha value is -2.57. The number of nitrogens with one attached hydrogen (secondary N) is 1. The summed E-state index contributed by atoms with van der Waals surface area (Å²) in [6, 6.07) is 7.28. The molecule has 1 atom stereocenters. The number of hydrogen-bond acceptors (Lipinski definition) is 6. The van der Waals surface area contributed by atoms with E-state index in [1.807, 2.05) is 45.0 Å². The van der Waals surface area contributed by atoms with E-state index in [-0.39, 0.29) is 24.5 Å². The summed E-state index contributed by atoms with van der Waals surface area (Å²) in [5, 5.41) is 7.26. The third-order valence-electron chi connectivity index (χ3n) is 3.44. The number of rotatable bonds is 7. The van der Waals surface area contributed by atoms with Crippen molar-refractivity contribution in [2.75, 3.05) is 26.0 Å². The maximum absolute atomic E-state index is 11.5. The third kappa shape index (κ3) is 4.71. The Labute approximate surface area is 142 Å². The first kappa shape index (κ1) is 17.8. The van der Waals surface area contributed by atoms with Crippen LogP contribution in [0.25, 0.3) is 0 Å². The van der Waals surface area contributed by atoms with Crippen molar-refractivity contribution in [2.24, 2.45) is 0 Å². The van der Waals surface area contributed by atoms with Crippen LogP contribution in [-0.4, -0.2) is 41.6 Å². The Balaban J connectivity index is 1.91. The summed E-state index contributed by atoms with van der Waals surface area (Å²) in [7, 11) is 3.39. The van der Waals surface area contributed by atoms with Gasteiger partial charge in [0.15, 0.2) is 12.4 Å². The highest BCUT2D eigenvalue weighted by Gasteiger charge is 2.15. The molecule has 0 saturated carbocycles. The van der Waals surface area contributed by atoms with Crippen LogP contribution in [0.4, 0.5) is 5.69 Å². The normalized spacial score (nSPS) is 12.1. The minimum absolute atomic E-state index is 0.0240. The summed E-state index contributed by atoms with van der Waals surface area (Å²) in [5.41, 5.74) is 0.901. The smallest absolute Gasteiger partial charge is 0.259 e. The van der Waals surface area contributed by atoms with Gasteiger partial charge in [-0.25, -0.2) is 0 Å². The number of amides is 1. The van der Waals surface area contributed by atoms with Gasteiger partial charge in [0.25, 0.3) is 5.91 Å². The van der Waals surface area contributed by atoms with Gasteiger partial charge in [-0.15, -0.1) is 0 Å². The molecule has 0 bridgehead atoms. The molecule has 0 aliphatic carbocycles. The molecule has 7 heteroatoms. The van der Waals surface area contributed by atoms with Crippen molar-refractivity contribution in [2.45, 2.75) is 32.7 Å². The largest absolute Gasteiger partial charge is 0.484 e. The molecule has 0 aliphatic rings. The van der Waals surface area contributed by atoms with Crippen molar-refractivity contribution in [1.82, 2.24) is 15.0 Å². The monoisotopic (exact) mass is 332 g/mol. The first-order chi connectivity index (χ1) is 11.4. The second-order valence-corrected chi connectivity index (χ2v) is 6.11. The molecule has 0 saturated heterocycles. The molecular formula is C17H24N4O3. The van der Waals surface area contributed by atoms with E-state index in [2.05, 4.69) is 15.5 Å². The molecule has 1 amide bonds.